The Labute approximate surface area is 273 Å². The van der Waals surface area contributed by atoms with Gasteiger partial charge in [0.25, 0.3) is 0 Å². The number of ether oxygens (including phenoxy) is 2. The molecule has 0 spiro atoms. The fourth-order valence-corrected chi connectivity index (χ4v) is 7.48. The van der Waals surface area contributed by atoms with Crippen LogP contribution in [0.4, 0.5) is 23.7 Å². The number of anilines is 1. The third kappa shape index (κ3) is 9.51. The van der Waals surface area contributed by atoms with Gasteiger partial charge in [-0.25, -0.2) is 13.2 Å². The summed E-state index contributed by atoms with van der Waals surface area (Å²) < 4.78 is 74.2. The third-order valence-corrected chi connectivity index (χ3v) is 10.0. The molecule has 3 aliphatic rings. The molecule has 2 aromatic carbocycles. The van der Waals surface area contributed by atoms with E-state index in [1.165, 1.54) is 40.7 Å². The number of aryl methyl sites for hydroxylation is 1. The predicted octanol–water partition coefficient (Wildman–Crippen LogP) is 4.81. The number of hydrogen-bond donors (Lipinski definition) is 2. The second-order valence-corrected chi connectivity index (χ2v) is 15.0. The van der Waals surface area contributed by atoms with Crippen LogP contribution in [-0.2, 0) is 26.0 Å². The Morgan fingerprint density at radius 1 is 0.979 bits per heavy atom. The second kappa shape index (κ2) is 14.3. The zero-order chi connectivity index (χ0) is 34.7. The predicted molar refractivity (Wildman–Crippen MR) is 169 cm³/mol. The number of piperazine rings is 2. The summed E-state index contributed by atoms with van der Waals surface area (Å²) >= 11 is 0. The number of aliphatic carboxylic acids is 1. The monoisotopic (exact) mass is 684 g/mol. The van der Waals surface area contributed by atoms with Gasteiger partial charge in [-0.1, -0.05) is 6.07 Å². The minimum atomic E-state index is -4.77. The number of carboxylic acids is 1. The van der Waals surface area contributed by atoms with Crippen LogP contribution in [0.25, 0.3) is 0 Å². The standard InChI is InChI=1S/C22H23F3N2O5S.C10H20N2O2/c1-14-13-26(10-11-27(14)16-4-6-17(7-5-16)32-22(23,24)25)33(30,31)18-8-2-15-3-9-19(21(28)29)20(15)12-18;1-8-7-12(6-5-11-8)9(13)14-10(2,3)4/h2,4-8,12,14,19H,3,9-11,13H2,1H3,(H,28,29);8,11H,5-7H2,1-4H3/t14-,19?;8-/m00/s1. The number of alkyl halides is 3. The van der Waals surface area contributed by atoms with E-state index in [9.17, 15) is 36.3 Å². The van der Waals surface area contributed by atoms with Crippen LogP contribution >= 0.6 is 0 Å². The van der Waals surface area contributed by atoms with Gasteiger partial charge in [0.2, 0.25) is 10.0 Å². The topological polar surface area (TPSA) is 129 Å². The lowest BCUT2D eigenvalue weighted by Crippen LogP contribution is -2.53. The summed E-state index contributed by atoms with van der Waals surface area (Å²) in [6.45, 7) is 12.6. The first-order valence-corrected chi connectivity index (χ1v) is 17.0. The summed E-state index contributed by atoms with van der Waals surface area (Å²) in [4.78, 5) is 26.9. The summed E-state index contributed by atoms with van der Waals surface area (Å²) in [5.74, 6) is -1.98. The van der Waals surface area contributed by atoms with Crippen molar-refractivity contribution in [2.24, 2.45) is 0 Å². The van der Waals surface area contributed by atoms with Gasteiger partial charge in [0, 0.05) is 57.0 Å². The number of carbonyl (C=O) groups is 2. The molecule has 3 atom stereocenters. The molecule has 2 fully saturated rings. The molecular formula is C32H43F3N4O7S. The maximum Gasteiger partial charge on any atom is 0.573 e. The molecule has 1 amide bonds. The fourth-order valence-electron chi connectivity index (χ4n) is 5.94. The lowest BCUT2D eigenvalue weighted by Gasteiger charge is -2.40. The SMILES string of the molecule is C[C@H]1CN(C(=O)OC(C)(C)C)CCN1.C[C@H]1CN(S(=O)(=O)c2ccc3c(c2)C(C(=O)O)CC3)CCN1c1ccc(OC(F)(F)F)cc1. The van der Waals surface area contributed by atoms with E-state index in [1.54, 1.807) is 11.0 Å². The van der Waals surface area contributed by atoms with E-state index in [2.05, 4.69) is 17.0 Å². The average molecular weight is 685 g/mol. The van der Waals surface area contributed by atoms with Crippen LogP contribution < -0.4 is 15.0 Å². The maximum atomic E-state index is 13.3. The van der Waals surface area contributed by atoms with E-state index in [1.807, 2.05) is 32.6 Å². The van der Waals surface area contributed by atoms with Gasteiger partial charge in [0.1, 0.15) is 11.4 Å². The Morgan fingerprint density at radius 3 is 2.23 bits per heavy atom. The Bertz CT molecular complexity index is 1530. The van der Waals surface area contributed by atoms with Crippen molar-refractivity contribution in [1.82, 2.24) is 14.5 Å². The molecule has 1 aliphatic carbocycles. The lowest BCUT2D eigenvalue weighted by atomic mass is 10.0. The number of nitrogens with one attached hydrogen (secondary N) is 1. The highest BCUT2D eigenvalue weighted by Crippen LogP contribution is 2.36. The molecule has 260 valence electrons. The van der Waals surface area contributed by atoms with Crippen molar-refractivity contribution < 1.29 is 45.8 Å². The van der Waals surface area contributed by atoms with Gasteiger partial charge in [-0.2, -0.15) is 4.31 Å². The molecule has 15 heteroatoms. The van der Waals surface area contributed by atoms with Crippen LogP contribution in [0, 0.1) is 0 Å². The molecule has 5 rings (SSSR count). The molecular weight excluding hydrogens is 641 g/mol. The number of fused-ring (bicyclic) bond motifs is 1. The Kier molecular flexibility index (Phi) is 11.0. The largest absolute Gasteiger partial charge is 0.573 e. The Hall–Kier alpha value is -3.56. The maximum absolute atomic E-state index is 13.3. The first kappa shape index (κ1) is 36.3. The van der Waals surface area contributed by atoms with Gasteiger partial charge in [0.15, 0.2) is 0 Å². The Balaban J connectivity index is 0.000000300. The van der Waals surface area contributed by atoms with Crippen LogP contribution in [0.2, 0.25) is 0 Å². The van der Waals surface area contributed by atoms with Crippen LogP contribution in [0.1, 0.15) is 58.1 Å². The minimum Gasteiger partial charge on any atom is -0.481 e. The second-order valence-electron chi connectivity index (χ2n) is 13.0. The number of hydrogen-bond acceptors (Lipinski definition) is 8. The Morgan fingerprint density at radius 2 is 1.66 bits per heavy atom. The van der Waals surface area contributed by atoms with Crippen LogP contribution in [0.15, 0.2) is 47.4 Å². The summed E-state index contributed by atoms with van der Waals surface area (Å²) in [5, 5.41) is 12.7. The first-order chi connectivity index (χ1) is 21.8. The molecule has 0 radical (unpaired) electrons. The van der Waals surface area contributed by atoms with Gasteiger partial charge in [-0.3, -0.25) is 4.79 Å². The molecule has 0 bridgehead atoms. The number of carboxylic acid groups (broad SMARTS) is 1. The third-order valence-electron chi connectivity index (χ3n) is 8.14. The van der Waals surface area contributed by atoms with Crippen molar-refractivity contribution in [3.05, 3.63) is 53.6 Å². The number of sulfonamides is 1. The van der Waals surface area contributed by atoms with E-state index in [4.69, 9.17) is 4.74 Å². The lowest BCUT2D eigenvalue weighted by molar-refractivity contribution is -0.274. The van der Waals surface area contributed by atoms with E-state index >= 15 is 0 Å². The van der Waals surface area contributed by atoms with Gasteiger partial charge in [0.05, 0.1) is 10.8 Å². The number of rotatable bonds is 5. The van der Waals surface area contributed by atoms with Crippen LogP contribution in [-0.4, -0.2) is 98.1 Å². The van der Waals surface area contributed by atoms with Gasteiger partial charge < -0.3 is 29.7 Å². The number of carbonyl (C=O) groups excluding carboxylic acids is 1. The van der Waals surface area contributed by atoms with Crippen LogP contribution in [0.3, 0.4) is 0 Å². The normalized spacial score (nSPS) is 22.2. The van der Waals surface area contributed by atoms with Gasteiger partial charge >= 0.3 is 18.4 Å². The minimum absolute atomic E-state index is 0.0729. The van der Waals surface area contributed by atoms with E-state index in [0.29, 0.717) is 36.7 Å². The number of benzene rings is 2. The number of amides is 1. The van der Waals surface area contributed by atoms with Gasteiger partial charge in [-0.15, -0.1) is 13.2 Å². The van der Waals surface area contributed by atoms with Crippen molar-refractivity contribution in [2.45, 2.75) is 82.3 Å². The molecule has 2 saturated heterocycles. The van der Waals surface area contributed by atoms with Crippen molar-refractivity contribution in [3.8, 4) is 5.75 Å². The van der Waals surface area contributed by atoms with E-state index in [0.717, 1.165) is 25.2 Å². The van der Waals surface area contributed by atoms with Crippen molar-refractivity contribution >= 4 is 27.8 Å². The highest BCUT2D eigenvalue weighted by Gasteiger charge is 2.36. The molecule has 47 heavy (non-hydrogen) atoms. The molecule has 0 aromatic heterocycles. The summed E-state index contributed by atoms with van der Waals surface area (Å²) in [6, 6.07) is 10.3. The number of nitrogens with zero attached hydrogens (tertiary/aromatic N) is 3. The highest BCUT2D eigenvalue weighted by atomic mass is 32.2. The van der Waals surface area contributed by atoms with Crippen LogP contribution in [0.5, 0.6) is 5.75 Å². The van der Waals surface area contributed by atoms with Crippen molar-refractivity contribution in [2.75, 3.05) is 44.2 Å². The quantitative estimate of drug-likeness (QED) is 0.456. The molecule has 1 unspecified atom stereocenters. The van der Waals surface area contributed by atoms with Crippen molar-refractivity contribution in [1.29, 1.82) is 0 Å². The summed E-state index contributed by atoms with van der Waals surface area (Å²) in [5.41, 5.74) is 1.68. The van der Waals surface area contributed by atoms with E-state index in [-0.39, 0.29) is 35.9 Å². The molecule has 2 heterocycles. The number of halogens is 3. The molecule has 2 N–H and O–H groups in total. The zero-order valence-corrected chi connectivity index (χ0v) is 28.0. The first-order valence-electron chi connectivity index (χ1n) is 15.5. The van der Waals surface area contributed by atoms with Crippen molar-refractivity contribution in [3.63, 3.8) is 0 Å². The van der Waals surface area contributed by atoms with E-state index < -0.39 is 33.9 Å². The smallest absolute Gasteiger partial charge is 0.481 e. The highest BCUT2D eigenvalue weighted by molar-refractivity contribution is 7.89. The summed E-state index contributed by atoms with van der Waals surface area (Å²) in [6.07, 6.45) is -3.91. The molecule has 2 aliphatic heterocycles. The zero-order valence-electron chi connectivity index (χ0n) is 27.2. The molecule has 11 nitrogen and oxygen atoms in total. The average Bonchev–Trinajstić information content (AvgIpc) is 3.40. The molecule has 2 aromatic rings. The fraction of sp³-hybridized carbons (Fsp3) is 0.562. The summed E-state index contributed by atoms with van der Waals surface area (Å²) in [7, 11) is -3.83. The van der Waals surface area contributed by atoms with Gasteiger partial charge in [-0.05, 0) is 95.0 Å². The molecule has 0 saturated carbocycles.